The predicted molar refractivity (Wildman–Crippen MR) is 103 cm³/mol. The number of aromatic nitrogens is 4. The zero-order chi connectivity index (χ0) is 18.8. The number of aliphatic carboxylic acids is 1. The number of carboxylic acid groups (broad SMARTS) is 1. The van der Waals surface area contributed by atoms with Crippen molar-refractivity contribution in [3.63, 3.8) is 0 Å². The molecule has 0 aliphatic rings. The number of aromatic amines is 1. The summed E-state index contributed by atoms with van der Waals surface area (Å²) in [7, 11) is 0. The van der Waals surface area contributed by atoms with Crippen molar-refractivity contribution in [1.29, 1.82) is 0 Å². The van der Waals surface area contributed by atoms with Crippen LogP contribution in [0.1, 0.15) is 28.3 Å². The second-order valence-electron chi connectivity index (χ2n) is 6.12. The Morgan fingerprint density at radius 2 is 2.00 bits per heavy atom. The molecule has 0 unspecified atom stereocenters. The molecule has 3 aromatic rings. The van der Waals surface area contributed by atoms with Crippen molar-refractivity contribution in [2.24, 2.45) is 0 Å². The average Bonchev–Trinajstić information content (AvgIpc) is 3.10. The molecule has 134 valence electrons. The Bertz CT molecular complexity index is 1000. The van der Waals surface area contributed by atoms with Gasteiger partial charge in [-0.05, 0) is 74.9 Å². The molecule has 0 amide bonds. The highest BCUT2D eigenvalue weighted by atomic mass is 32.2. The first-order valence-electron chi connectivity index (χ1n) is 8.13. The van der Waals surface area contributed by atoms with Gasteiger partial charge in [-0.1, -0.05) is 12.1 Å². The van der Waals surface area contributed by atoms with Gasteiger partial charge in [-0.2, -0.15) is 0 Å². The van der Waals surface area contributed by atoms with Crippen LogP contribution < -0.4 is 0 Å². The number of carbonyl (C=O) groups is 1. The predicted octanol–water partition coefficient (Wildman–Crippen LogP) is 4.05. The number of benzene rings is 1. The molecule has 2 heterocycles. The van der Waals surface area contributed by atoms with Gasteiger partial charge in [0.25, 0.3) is 0 Å². The number of nitrogens with one attached hydrogen (secondary N) is 1. The van der Waals surface area contributed by atoms with Gasteiger partial charge in [0.2, 0.25) is 5.16 Å². The first-order valence-corrected chi connectivity index (χ1v) is 8.94. The molecule has 6 nitrogen and oxygen atoms in total. The van der Waals surface area contributed by atoms with Crippen LogP contribution in [0.4, 0.5) is 0 Å². The molecule has 0 spiro atoms. The van der Waals surface area contributed by atoms with Crippen molar-refractivity contribution in [1.82, 2.24) is 19.7 Å². The summed E-state index contributed by atoms with van der Waals surface area (Å²) >= 11 is 1.03. The molecular weight excluding hydrogens is 348 g/mol. The lowest BCUT2D eigenvalue weighted by Gasteiger charge is -2.10. The Kier molecular flexibility index (Phi) is 4.99. The fraction of sp³-hybridized carbons (Fsp3) is 0.211. The summed E-state index contributed by atoms with van der Waals surface area (Å²) in [6, 6.07) is 10.2. The second-order valence-corrected chi connectivity index (χ2v) is 7.13. The molecule has 0 radical (unpaired) electrons. The fourth-order valence-electron chi connectivity index (χ4n) is 2.84. The molecule has 26 heavy (non-hydrogen) atoms. The van der Waals surface area contributed by atoms with E-state index >= 15 is 0 Å². The lowest BCUT2D eigenvalue weighted by molar-refractivity contribution is -0.131. The number of aryl methyl sites for hydroxylation is 3. The van der Waals surface area contributed by atoms with Crippen molar-refractivity contribution in [2.45, 2.75) is 32.9 Å². The third-order valence-electron chi connectivity index (χ3n) is 4.01. The van der Waals surface area contributed by atoms with Gasteiger partial charge >= 0.3 is 5.97 Å². The van der Waals surface area contributed by atoms with Crippen LogP contribution in [0, 0.1) is 27.7 Å². The zero-order valence-electron chi connectivity index (χ0n) is 15.1. The summed E-state index contributed by atoms with van der Waals surface area (Å²) in [5.41, 5.74) is 5.13. The minimum Gasteiger partial charge on any atom is -0.477 e. The normalized spacial score (nSPS) is 11.8. The van der Waals surface area contributed by atoms with E-state index in [-0.39, 0.29) is 4.91 Å². The van der Waals surface area contributed by atoms with Gasteiger partial charge in [-0.25, -0.2) is 9.78 Å². The Balaban J connectivity index is 2.01. The van der Waals surface area contributed by atoms with Gasteiger partial charge < -0.3 is 9.67 Å². The maximum atomic E-state index is 11.7. The lowest BCUT2D eigenvalue weighted by atomic mass is 10.2. The molecule has 0 aliphatic heterocycles. The summed E-state index contributed by atoms with van der Waals surface area (Å²) < 4.78 is 2.12. The number of rotatable bonds is 5. The van der Waals surface area contributed by atoms with Gasteiger partial charge in [0.05, 0.1) is 0 Å². The van der Waals surface area contributed by atoms with Gasteiger partial charge in [0.15, 0.2) is 0 Å². The second kappa shape index (κ2) is 7.21. The Morgan fingerprint density at radius 1 is 1.23 bits per heavy atom. The topological polar surface area (TPSA) is 83.8 Å². The molecular formula is C19H20N4O2S. The molecule has 7 heteroatoms. The third kappa shape index (κ3) is 3.72. The summed E-state index contributed by atoms with van der Waals surface area (Å²) in [6.07, 6.45) is 1.67. The van der Waals surface area contributed by atoms with Crippen molar-refractivity contribution in [3.8, 4) is 5.69 Å². The van der Waals surface area contributed by atoms with E-state index in [0.29, 0.717) is 11.0 Å². The van der Waals surface area contributed by atoms with E-state index < -0.39 is 5.97 Å². The largest absolute Gasteiger partial charge is 0.477 e. The van der Waals surface area contributed by atoms with Crippen molar-refractivity contribution >= 4 is 23.8 Å². The maximum Gasteiger partial charge on any atom is 0.342 e. The summed E-state index contributed by atoms with van der Waals surface area (Å²) in [4.78, 5) is 16.0. The van der Waals surface area contributed by atoms with E-state index in [9.17, 15) is 9.90 Å². The Morgan fingerprint density at radius 3 is 2.62 bits per heavy atom. The van der Waals surface area contributed by atoms with Gasteiger partial charge in [-0.3, -0.25) is 5.10 Å². The smallest absolute Gasteiger partial charge is 0.342 e. The van der Waals surface area contributed by atoms with E-state index in [1.807, 2.05) is 32.0 Å². The van der Waals surface area contributed by atoms with Crippen molar-refractivity contribution in [2.75, 3.05) is 0 Å². The molecule has 0 bridgehead atoms. The lowest BCUT2D eigenvalue weighted by Crippen LogP contribution is -2.00. The van der Waals surface area contributed by atoms with E-state index in [4.69, 9.17) is 0 Å². The minimum absolute atomic E-state index is 0.175. The van der Waals surface area contributed by atoms with Crippen molar-refractivity contribution < 1.29 is 9.90 Å². The Labute approximate surface area is 156 Å². The summed E-state index contributed by atoms with van der Waals surface area (Å²) in [5.74, 6) is -0.354. The zero-order valence-corrected chi connectivity index (χ0v) is 15.9. The van der Waals surface area contributed by atoms with Crippen LogP contribution in [0.15, 0.2) is 40.4 Å². The standard InChI is InChI=1S/C19H20N4O2S/c1-11-6-5-7-16(8-11)23-12(2)9-15(13(23)3)10-17(18(24)25)26-19-20-14(4)21-22-19/h5-10H,1-4H3,(H,24,25)(H,20,21,22)/b17-10+. The monoisotopic (exact) mass is 368 g/mol. The molecule has 1 aromatic carbocycles. The highest BCUT2D eigenvalue weighted by Crippen LogP contribution is 2.29. The van der Waals surface area contributed by atoms with Crippen LogP contribution >= 0.6 is 11.8 Å². The third-order valence-corrected chi connectivity index (χ3v) is 4.88. The summed E-state index contributed by atoms with van der Waals surface area (Å²) in [5, 5.41) is 16.7. The number of hydrogen-bond donors (Lipinski definition) is 2. The molecule has 0 aliphatic carbocycles. The quantitative estimate of drug-likeness (QED) is 0.524. The molecule has 2 N–H and O–H groups in total. The highest BCUT2D eigenvalue weighted by Gasteiger charge is 2.16. The molecule has 0 atom stereocenters. The van der Waals surface area contributed by atoms with Crippen LogP contribution in [0.5, 0.6) is 0 Å². The van der Waals surface area contributed by atoms with Gasteiger partial charge in [-0.15, -0.1) is 5.10 Å². The Hall–Kier alpha value is -2.80. The molecule has 2 aromatic heterocycles. The van der Waals surface area contributed by atoms with E-state index in [1.165, 1.54) is 5.56 Å². The molecule has 0 fully saturated rings. The van der Waals surface area contributed by atoms with Crippen molar-refractivity contribution in [3.05, 3.63) is 63.6 Å². The van der Waals surface area contributed by atoms with E-state index in [1.54, 1.807) is 13.0 Å². The summed E-state index contributed by atoms with van der Waals surface area (Å²) in [6.45, 7) is 7.83. The maximum absolute atomic E-state index is 11.7. The molecule has 3 rings (SSSR count). The first-order chi connectivity index (χ1) is 12.3. The molecule has 0 saturated carbocycles. The van der Waals surface area contributed by atoms with E-state index in [2.05, 4.69) is 38.8 Å². The molecule has 0 saturated heterocycles. The number of H-pyrrole nitrogens is 1. The highest BCUT2D eigenvalue weighted by molar-refractivity contribution is 8.04. The SMILES string of the molecule is Cc1cccc(-n2c(C)cc(/C=C(/Sc3n[nH]c(C)n3)C(=O)O)c2C)c1. The number of carboxylic acids is 1. The van der Waals surface area contributed by atoms with Crippen LogP contribution in [0.25, 0.3) is 11.8 Å². The number of hydrogen-bond acceptors (Lipinski definition) is 4. The van der Waals surface area contributed by atoms with Crippen LogP contribution in [-0.2, 0) is 4.79 Å². The van der Waals surface area contributed by atoms with Crippen LogP contribution in [0.2, 0.25) is 0 Å². The van der Waals surface area contributed by atoms with E-state index in [0.717, 1.165) is 34.4 Å². The first kappa shape index (κ1) is 18.0. The number of nitrogens with zero attached hydrogens (tertiary/aromatic N) is 3. The van der Waals surface area contributed by atoms with Gasteiger partial charge in [0.1, 0.15) is 10.7 Å². The number of thioether (sulfide) groups is 1. The minimum atomic E-state index is -1.00. The van der Waals surface area contributed by atoms with Gasteiger partial charge in [0, 0.05) is 17.1 Å². The van der Waals surface area contributed by atoms with Crippen LogP contribution in [0.3, 0.4) is 0 Å². The fourth-order valence-corrected chi connectivity index (χ4v) is 3.58. The average molecular weight is 368 g/mol. The van der Waals surface area contributed by atoms with Crippen LogP contribution in [-0.4, -0.2) is 30.8 Å².